The third kappa shape index (κ3) is 3.33. The predicted molar refractivity (Wildman–Crippen MR) is 92.9 cm³/mol. The zero-order chi connectivity index (χ0) is 17.3. The number of fused-ring (bicyclic) bond motifs is 1. The Labute approximate surface area is 144 Å². The van der Waals surface area contributed by atoms with Crippen LogP contribution in [0, 0.1) is 5.82 Å². The van der Waals surface area contributed by atoms with Gasteiger partial charge in [-0.05, 0) is 42.5 Å². The number of carbonyl (C=O) groups is 2. The summed E-state index contributed by atoms with van der Waals surface area (Å²) in [5.74, 6) is -1.06. The Morgan fingerprint density at radius 3 is 2.92 bits per heavy atom. The zero-order valence-corrected chi connectivity index (χ0v) is 14.5. The zero-order valence-electron chi connectivity index (χ0n) is 13.6. The van der Waals surface area contributed by atoms with Crippen molar-refractivity contribution in [1.82, 2.24) is 4.90 Å². The molecule has 1 aromatic carbocycles. The standard InChI is InChI=1S/C18H19FN2O2S/c1-11(8-13-4-3-7-24-13)21(2)18(23)14-9-12-5-6-17(22)20-16(12)10-15(14)19/h3-4,7,9-11H,5-6,8H2,1-2H3,(H,20,22)/t11-/m0/s1. The molecular weight excluding hydrogens is 327 g/mol. The van der Waals surface area contributed by atoms with Gasteiger partial charge in [0.1, 0.15) is 5.82 Å². The quantitative estimate of drug-likeness (QED) is 0.921. The third-order valence-electron chi connectivity index (χ3n) is 4.38. The first kappa shape index (κ1) is 16.6. The molecule has 0 aliphatic carbocycles. The van der Waals surface area contributed by atoms with Crippen LogP contribution in [0.25, 0.3) is 0 Å². The molecule has 0 saturated carbocycles. The average Bonchev–Trinajstić information content (AvgIpc) is 3.05. The lowest BCUT2D eigenvalue weighted by atomic mass is 9.99. The highest BCUT2D eigenvalue weighted by Crippen LogP contribution is 2.27. The van der Waals surface area contributed by atoms with Crippen molar-refractivity contribution in [2.45, 2.75) is 32.2 Å². The first-order valence-corrected chi connectivity index (χ1v) is 8.75. The Bertz CT molecular complexity index is 774. The van der Waals surface area contributed by atoms with Crippen molar-refractivity contribution in [3.05, 3.63) is 51.5 Å². The van der Waals surface area contributed by atoms with Gasteiger partial charge >= 0.3 is 0 Å². The van der Waals surface area contributed by atoms with E-state index in [4.69, 9.17) is 0 Å². The number of halogens is 1. The monoisotopic (exact) mass is 346 g/mol. The molecule has 2 heterocycles. The summed E-state index contributed by atoms with van der Waals surface area (Å²) in [4.78, 5) is 26.9. The minimum Gasteiger partial charge on any atom is -0.339 e. The Kier molecular flexibility index (Phi) is 4.66. The molecule has 1 aliphatic heterocycles. The van der Waals surface area contributed by atoms with Gasteiger partial charge in [0.05, 0.1) is 5.56 Å². The van der Waals surface area contributed by atoms with Gasteiger partial charge in [-0.25, -0.2) is 4.39 Å². The number of hydrogen-bond acceptors (Lipinski definition) is 3. The fraction of sp³-hybridized carbons (Fsp3) is 0.333. The number of carbonyl (C=O) groups excluding carboxylic acids is 2. The maximum absolute atomic E-state index is 14.4. The van der Waals surface area contributed by atoms with Gasteiger partial charge in [-0.15, -0.1) is 11.3 Å². The van der Waals surface area contributed by atoms with Crippen LogP contribution in [0.2, 0.25) is 0 Å². The van der Waals surface area contributed by atoms with E-state index in [1.807, 2.05) is 24.4 Å². The van der Waals surface area contributed by atoms with Crippen LogP contribution < -0.4 is 5.32 Å². The summed E-state index contributed by atoms with van der Waals surface area (Å²) < 4.78 is 14.4. The summed E-state index contributed by atoms with van der Waals surface area (Å²) in [6, 6.07) is 6.79. The van der Waals surface area contributed by atoms with Gasteiger partial charge in [0.2, 0.25) is 5.91 Å². The molecular formula is C18H19FN2O2S. The molecule has 0 fully saturated rings. The number of anilines is 1. The van der Waals surface area contributed by atoms with Crippen LogP contribution in [0.3, 0.4) is 0 Å². The lowest BCUT2D eigenvalue weighted by Gasteiger charge is -2.26. The maximum atomic E-state index is 14.4. The van der Waals surface area contributed by atoms with Crippen molar-refractivity contribution in [1.29, 1.82) is 0 Å². The molecule has 2 aromatic rings. The number of thiophene rings is 1. The van der Waals surface area contributed by atoms with E-state index in [0.717, 1.165) is 12.0 Å². The van der Waals surface area contributed by atoms with Crippen molar-refractivity contribution in [2.75, 3.05) is 12.4 Å². The molecule has 0 radical (unpaired) electrons. The molecule has 6 heteroatoms. The Balaban J connectivity index is 1.80. The van der Waals surface area contributed by atoms with Gasteiger partial charge in [0, 0.05) is 36.5 Å². The molecule has 2 amide bonds. The predicted octanol–water partition coefficient (Wildman–Crippen LogP) is 3.48. The molecule has 1 N–H and O–H groups in total. The third-order valence-corrected chi connectivity index (χ3v) is 5.28. The number of amides is 2. The number of likely N-dealkylation sites (N-methyl/N-ethyl adjacent to an activating group) is 1. The van der Waals surface area contributed by atoms with E-state index in [1.165, 1.54) is 10.9 Å². The molecule has 4 nitrogen and oxygen atoms in total. The van der Waals surface area contributed by atoms with Gasteiger partial charge in [-0.2, -0.15) is 0 Å². The Morgan fingerprint density at radius 2 is 2.21 bits per heavy atom. The number of nitrogens with zero attached hydrogens (tertiary/aromatic N) is 1. The highest BCUT2D eigenvalue weighted by Gasteiger charge is 2.24. The summed E-state index contributed by atoms with van der Waals surface area (Å²) in [5, 5.41) is 4.65. The number of benzene rings is 1. The summed E-state index contributed by atoms with van der Waals surface area (Å²) in [6.45, 7) is 1.95. The van der Waals surface area contributed by atoms with Crippen molar-refractivity contribution < 1.29 is 14.0 Å². The number of nitrogens with one attached hydrogen (secondary N) is 1. The second-order valence-corrected chi connectivity index (χ2v) is 7.12. The summed E-state index contributed by atoms with van der Waals surface area (Å²) in [6.07, 6.45) is 1.62. The van der Waals surface area contributed by atoms with Crippen LogP contribution in [-0.4, -0.2) is 29.8 Å². The maximum Gasteiger partial charge on any atom is 0.256 e. The van der Waals surface area contributed by atoms with E-state index in [2.05, 4.69) is 5.32 Å². The Hall–Kier alpha value is -2.21. The molecule has 1 aromatic heterocycles. The van der Waals surface area contributed by atoms with Crippen molar-refractivity contribution in [3.8, 4) is 0 Å². The van der Waals surface area contributed by atoms with Gasteiger partial charge < -0.3 is 10.2 Å². The molecule has 0 saturated heterocycles. The van der Waals surface area contributed by atoms with E-state index < -0.39 is 5.82 Å². The molecule has 1 atom stereocenters. The van der Waals surface area contributed by atoms with E-state index in [-0.39, 0.29) is 23.4 Å². The van der Waals surface area contributed by atoms with E-state index in [0.29, 0.717) is 18.5 Å². The highest BCUT2D eigenvalue weighted by atomic mass is 32.1. The number of rotatable bonds is 4. The average molecular weight is 346 g/mol. The summed E-state index contributed by atoms with van der Waals surface area (Å²) in [5.41, 5.74) is 1.33. The van der Waals surface area contributed by atoms with Crippen LogP contribution in [0.1, 0.15) is 34.1 Å². The van der Waals surface area contributed by atoms with Gasteiger partial charge in [-0.3, -0.25) is 9.59 Å². The first-order chi connectivity index (χ1) is 11.5. The first-order valence-electron chi connectivity index (χ1n) is 7.87. The largest absolute Gasteiger partial charge is 0.339 e. The van der Waals surface area contributed by atoms with Gasteiger partial charge in [0.25, 0.3) is 5.91 Å². The Morgan fingerprint density at radius 1 is 1.42 bits per heavy atom. The smallest absolute Gasteiger partial charge is 0.256 e. The fourth-order valence-corrected chi connectivity index (χ4v) is 3.64. The second-order valence-electron chi connectivity index (χ2n) is 6.09. The van der Waals surface area contributed by atoms with Crippen LogP contribution in [0.4, 0.5) is 10.1 Å². The lowest BCUT2D eigenvalue weighted by molar-refractivity contribution is -0.116. The highest BCUT2D eigenvalue weighted by molar-refractivity contribution is 7.09. The topological polar surface area (TPSA) is 49.4 Å². The minimum atomic E-state index is -0.601. The summed E-state index contributed by atoms with van der Waals surface area (Å²) in [7, 11) is 1.70. The molecule has 24 heavy (non-hydrogen) atoms. The van der Waals surface area contributed by atoms with Crippen LogP contribution in [0.5, 0.6) is 0 Å². The van der Waals surface area contributed by atoms with Crippen molar-refractivity contribution >= 4 is 28.8 Å². The van der Waals surface area contributed by atoms with Crippen LogP contribution in [0.15, 0.2) is 29.6 Å². The minimum absolute atomic E-state index is 0.0358. The second kappa shape index (κ2) is 6.73. The van der Waals surface area contributed by atoms with Gasteiger partial charge in [-0.1, -0.05) is 6.07 Å². The molecule has 0 bridgehead atoms. The van der Waals surface area contributed by atoms with E-state index >= 15 is 0 Å². The lowest BCUT2D eigenvalue weighted by Crippen LogP contribution is -2.37. The van der Waals surface area contributed by atoms with Crippen molar-refractivity contribution in [3.63, 3.8) is 0 Å². The van der Waals surface area contributed by atoms with Gasteiger partial charge in [0.15, 0.2) is 0 Å². The van der Waals surface area contributed by atoms with Crippen LogP contribution in [-0.2, 0) is 17.6 Å². The SMILES string of the molecule is C[C@@H](Cc1cccs1)N(C)C(=O)c1cc2c(cc1F)NC(=O)CC2. The summed E-state index contributed by atoms with van der Waals surface area (Å²) >= 11 is 1.65. The van der Waals surface area contributed by atoms with E-state index in [1.54, 1.807) is 29.4 Å². The van der Waals surface area contributed by atoms with E-state index in [9.17, 15) is 14.0 Å². The normalized spacial score (nSPS) is 14.7. The van der Waals surface area contributed by atoms with Crippen LogP contribution >= 0.6 is 11.3 Å². The molecule has 1 aliphatic rings. The molecule has 3 rings (SSSR count). The van der Waals surface area contributed by atoms with Crippen molar-refractivity contribution in [2.24, 2.45) is 0 Å². The molecule has 0 unspecified atom stereocenters. The molecule has 0 spiro atoms. The number of hydrogen-bond donors (Lipinski definition) is 1. The fourth-order valence-electron chi connectivity index (χ4n) is 2.81. The molecule has 126 valence electrons. The number of aryl methyl sites for hydroxylation is 1.